The molecular formula is C19H24N6O2. The number of carbonyl (C=O) groups excluding carboxylic acids is 1. The second kappa shape index (κ2) is 8.39. The van der Waals surface area contributed by atoms with Crippen molar-refractivity contribution < 1.29 is 9.53 Å². The second-order valence-electron chi connectivity index (χ2n) is 6.22. The third-order valence-corrected chi connectivity index (χ3v) is 4.18. The van der Waals surface area contributed by atoms with Crippen LogP contribution in [0.25, 0.3) is 0 Å². The van der Waals surface area contributed by atoms with Gasteiger partial charge in [-0.1, -0.05) is 18.2 Å². The summed E-state index contributed by atoms with van der Waals surface area (Å²) in [5, 5.41) is 14.3. The SMILES string of the molecule is COc1ccccc1Cn1nccc1NC(=O)NCCn1nc(C)cc1C. The standard InChI is InChI=1S/C19H24N6O2/c1-14-12-15(2)24(23-14)11-10-20-19(26)22-18-8-9-21-25(18)13-16-6-4-5-7-17(16)27-3/h4-9,12H,10-11,13H2,1-3H3,(H2,20,22,26). The number of urea groups is 1. The number of hydrogen-bond donors (Lipinski definition) is 2. The van der Waals surface area contributed by atoms with Gasteiger partial charge in [-0.3, -0.25) is 10.00 Å². The molecule has 8 nitrogen and oxygen atoms in total. The molecule has 3 aromatic rings. The molecule has 0 saturated carbocycles. The van der Waals surface area contributed by atoms with Gasteiger partial charge >= 0.3 is 6.03 Å². The van der Waals surface area contributed by atoms with Crippen LogP contribution in [0.3, 0.4) is 0 Å². The summed E-state index contributed by atoms with van der Waals surface area (Å²) in [5.74, 6) is 1.40. The van der Waals surface area contributed by atoms with E-state index >= 15 is 0 Å². The molecule has 2 heterocycles. The first-order valence-corrected chi connectivity index (χ1v) is 8.76. The van der Waals surface area contributed by atoms with E-state index in [1.165, 1.54) is 0 Å². The number of aromatic nitrogens is 4. The van der Waals surface area contributed by atoms with Gasteiger partial charge in [0.25, 0.3) is 0 Å². The summed E-state index contributed by atoms with van der Waals surface area (Å²) in [6.07, 6.45) is 1.65. The van der Waals surface area contributed by atoms with Crippen LogP contribution < -0.4 is 15.4 Å². The summed E-state index contributed by atoms with van der Waals surface area (Å²) >= 11 is 0. The number of nitrogens with one attached hydrogen (secondary N) is 2. The molecule has 2 amide bonds. The van der Waals surface area contributed by atoms with E-state index in [4.69, 9.17) is 4.74 Å². The Hall–Kier alpha value is -3.29. The number of ether oxygens (including phenoxy) is 1. The summed E-state index contributed by atoms with van der Waals surface area (Å²) in [6.45, 7) is 5.55. The normalized spacial score (nSPS) is 10.6. The van der Waals surface area contributed by atoms with E-state index in [-0.39, 0.29) is 6.03 Å². The molecule has 3 rings (SSSR count). The van der Waals surface area contributed by atoms with Crippen LogP contribution in [0, 0.1) is 13.8 Å². The van der Waals surface area contributed by atoms with Gasteiger partial charge in [-0.2, -0.15) is 10.2 Å². The van der Waals surface area contributed by atoms with Crippen LogP contribution >= 0.6 is 0 Å². The summed E-state index contributed by atoms with van der Waals surface area (Å²) in [5.41, 5.74) is 3.03. The highest BCUT2D eigenvalue weighted by Gasteiger charge is 2.10. The number of rotatable bonds is 7. The summed E-state index contributed by atoms with van der Waals surface area (Å²) in [6, 6.07) is 11.2. The number of nitrogens with zero attached hydrogens (tertiary/aromatic N) is 4. The molecule has 1 aromatic carbocycles. The van der Waals surface area contributed by atoms with Crippen molar-refractivity contribution in [3.05, 3.63) is 59.5 Å². The van der Waals surface area contributed by atoms with E-state index in [0.29, 0.717) is 25.5 Å². The Morgan fingerprint density at radius 3 is 2.74 bits per heavy atom. The van der Waals surface area contributed by atoms with Crippen molar-refractivity contribution in [3.63, 3.8) is 0 Å². The Morgan fingerprint density at radius 1 is 1.19 bits per heavy atom. The Bertz CT molecular complexity index is 915. The lowest BCUT2D eigenvalue weighted by molar-refractivity contribution is 0.251. The first-order valence-electron chi connectivity index (χ1n) is 8.76. The van der Waals surface area contributed by atoms with Crippen LogP contribution in [0.4, 0.5) is 10.6 Å². The van der Waals surface area contributed by atoms with E-state index in [9.17, 15) is 4.79 Å². The molecule has 27 heavy (non-hydrogen) atoms. The van der Waals surface area contributed by atoms with E-state index < -0.39 is 0 Å². The molecule has 2 N–H and O–H groups in total. The van der Waals surface area contributed by atoms with Gasteiger partial charge in [0.05, 0.1) is 32.1 Å². The molecule has 0 aliphatic rings. The predicted molar refractivity (Wildman–Crippen MR) is 103 cm³/mol. The molecule has 0 radical (unpaired) electrons. The van der Waals surface area contributed by atoms with Gasteiger partial charge in [0.15, 0.2) is 0 Å². The van der Waals surface area contributed by atoms with Crippen LogP contribution in [0.2, 0.25) is 0 Å². The van der Waals surface area contributed by atoms with E-state index in [2.05, 4.69) is 20.8 Å². The molecule has 0 unspecified atom stereocenters. The van der Waals surface area contributed by atoms with Gasteiger partial charge in [-0.25, -0.2) is 9.48 Å². The van der Waals surface area contributed by atoms with Crippen LogP contribution in [0.1, 0.15) is 17.0 Å². The fourth-order valence-corrected chi connectivity index (χ4v) is 2.90. The largest absolute Gasteiger partial charge is 0.496 e. The zero-order chi connectivity index (χ0) is 19.2. The maximum atomic E-state index is 12.2. The maximum absolute atomic E-state index is 12.2. The smallest absolute Gasteiger partial charge is 0.320 e. The average Bonchev–Trinajstić information content (AvgIpc) is 3.21. The molecule has 0 atom stereocenters. The van der Waals surface area contributed by atoms with Gasteiger partial charge in [-0.05, 0) is 26.0 Å². The van der Waals surface area contributed by atoms with Crippen molar-refractivity contribution in [2.24, 2.45) is 0 Å². The fourth-order valence-electron chi connectivity index (χ4n) is 2.90. The molecule has 2 aromatic heterocycles. The summed E-state index contributed by atoms with van der Waals surface area (Å²) < 4.78 is 8.97. The van der Waals surface area contributed by atoms with Crippen LogP contribution in [-0.2, 0) is 13.1 Å². The molecule has 0 aliphatic carbocycles. The fraction of sp³-hybridized carbons (Fsp3) is 0.316. The monoisotopic (exact) mass is 368 g/mol. The summed E-state index contributed by atoms with van der Waals surface area (Å²) in [7, 11) is 1.64. The topological polar surface area (TPSA) is 86.0 Å². The number of anilines is 1. The van der Waals surface area contributed by atoms with Crippen molar-refractivity contribution in [3.8, 4) is 5.75 Å². The molecule has 8 heteroatoms. The number of benzene rings is 1. The number of methoxy groups -OCH3 is 1. The van der Waals surface area contributed by atoms with Crippen molar-refractivity contribution in [2.75, 3.05) is 19.0 Å². The number of carbonyl (C=O) groups is 1. The molecule has 0 bridgehead atoms. The number of amides is 2. The Morgan fingerprint density at radius 2 is 2.00 bits per heavy atom. The molecule has 0 fully saturated rings. The first kappa shape index (κ1) is 18.5. The molecule has 0 saturated heterocycles. The van der Waals surface area contributed by atoms with Crippen molar-refractivity contribution >= 4 is 11.8 Å². The second-order valence-corrected chi connectivity index (χ2v) is 6.22. The third kappa shape index (κ3) is 4.66. The van der Waals surface area contributed by atoms with E-state index in [1.54, 1.807) is 24.1 Å². The highest BCUT2D eigenvalue weighted by atomic mass is 16.5. The maximum Gasteiger partial charge on any atom is 0.320 e. The molecule has 142 valence electrons. The zero-order valence-electron chi connectivity index (χ0n) is 15.8. The van der Waals surface area contributed by atoms with E-state index in [1.807, 2.05) is 48.9 Å². The highest BCUT2D eigenvalue weighted by molar-refractivity contribution is 5.88. The van der Waals surface area contributed by atoms with Crippen molar-refractivity contribution in [1.29, 1.82) is 0 Å². The summed E-state index contributed by atoms with van der Waals surface area (Å²) in [4.78, 5) is 12.2. The minimum Gasteiger partial charge on any atom is -0.496 e. The molecule has 0 aliphatic heterocycles. The number of para-hydroxylation sites is 1. The Kier molecular flexibility index (Phi) is 5.75. The van der Waals surface area contributed by atoms with Gasteiger partial charge in [0.1, 0.15) is 11.6 Å². The minimum atomic E-state index is -0.279. The van der Waals surface area contributed by atoms with Crippen molar-refractivity contribution in [2.45, 2.75) is 26.9 Å². The van der Waals surface area contributed by atoms with Gasteiger partial charge in [-0.15, -0.1) is 0 Å². The lowest BCUT2D eigenvalue weighted by atomic mass is 10.2. The Balaban J connectivity index is 1.56. The average molecular weight is 368 g/mol. The first-order chi connectivity index (χ1) is 13.1. The molecule has 0 spiro atoms. The van der Waals surface area contributed by atoms with Crippen LogP contribution in [0.15, 0.2) is 42.6 Å². The lowest BCUT2D eigenvalue weighted by Crippen LogP contribution is -2.32. The lowest BCUT2D eigenvalue weighted by Gasteiger charge is -2.12. The minimum absolute atomic E-state index is 0.279. The van der Waals surface area contributed by atoms with Gasteiger partial charge in [0, 0.05) is 23.9 Å². The Labute approximate surface area is 158 Å². The zero-order valence-corrected chi connectivity index (χ0v) is 15.8. The highest BCUT2D eigenvalue weighted by Crippen LogP contribution is 2.20. The number of aryl methyl sites for hydroxylation is 2. The molecular weight excluding hydrogens is 344 g/mol. The van der Waals surface area contributed by atoms with Crippen LogP contribution in [-0.4, -0.2) is 39.2 Å². The van der Waals surface area contributed by atoms with Crippen molar-refractivity contribution in [1.82, 2.24) is 24.9 Å². The number of hydrogen-bond acceptors (Lipinski definition) is 4. The quantitative estimate of drug-likeness (QED) is 0.671. The van der Waals surface area contributed by atoms with Gasteiger partial charge < -0.3 is 10.1 Å². The van der Waals surface area contributed by atoms with E-state index in [0.717, 1.165) is 22.7 Å². The van der Waals surface area contributed by atoms with Crippen LogP contribution in [0.5, 0.6) is 5.75 Å². The predicted octanol–water partition coefficient (Wildman–Crippen LogP) is 2.58. The third-order valence-electron chi connectivity index (χ3n) is 4.18. The van der Waals surface area contributed by atoms with Gasteiger partial charge in [0.2, 0.25) is 0 Å².